The molecular weight excluding hydrogens is 532 g/mol. The highest BCUT2D eigenvalue weighted by atomic mass is 16.8. The van der Waals surface area contributed by atoms with Gasteiger partial charge in [0.2, 0.25) is 6.29 Å². The first-order chi connectivity index (χ1) is 19.0. The number of ether oxygens (including phenoxy) is 5. The van der Waals surface area contributed by atoms with E-state index < -0.39 is 67.6 Å². The Morgan fingerprint density at radius 2 is 1.82 bits per heavy atom. The van der Waals surface area contributed by atoms with Crippen molar-refractivity contribution in [2.24, 2.45) is 29.6 Å². The molecule has 0 radical (unpaired) electrons. The molecule has 0 aromatic carbocycles. The van der Waals surface area contributed by atoms with Gasteiger partial charge in [0.05, 0.1) is 32.0 Å². The number of aliphatic hydroxyl groups excluding tert-OH is 6. The minimum Gasteiger partial charge on any atom is -0.468 e. The van der Waals surface area contributed by atoms with Gasteiger partial charge in [-0.1, -0.05) is 19.9 Å². The van der Waals surface area contributed by atoms with Crippen molar-refractivity contribution >= 4 is 11.9 Å². The Hall–Kier alpha value is -2.10. The van der Waals surface area contributed by atoms with Crippen LogP contribution in [0, 0.1) is 29.6 Å². The van der Waals surface area contributed by atoms with Gasteiger partial charge in [-0.3, -0.25) is 4.79 Å². The fourth-order valence-electron chi connectivity index (χ4n) is 5.88. The highest BCUT2D eigenvalue weighted by molar-refractivity contribution is 5.90. The van der Waals surface area contributed by atoms with Crippen molar-refractivity contribution in [3.8, 4) is 0 Å². The second-order valence-electron chi connectivity index (χ2n) is 10.7. The van der Waals surface area contributed by atoms with Crippen LogP contribution in [0.25, 0.3) is 0 Å². The molecule has 1 aliphatic carbocycles. The molecule has 6 N–H and O–H groups in total. The van der Waals surface area contributed by atoms with Gasteiger partial charge in [0.25, 0.3) is 0 Å². The molecule has 1 saturated heterocycles. The third-order valence-corrected chi connectivity index (χ3v) is 8.43. The van der Waals surface area contributed by atoms with Crippen molar-refractivity contribution in [1.29, 1.82) is 0 Å². The first-order valence-electron chi connectivity index (χ1n) is 13.5. The highest BCUT2D eigenvalue weighted by Gasteiger charge is 2.48. The molecule has 0 amide bonds. The third-order valence-electron chi connectivity index (χ3n) is 8.43. The van der Waals surface area contributed by atoms with Crippen LogP contribution in [0.4, 0.5) is 0 Å². The lowest BCUT2D eigenvalue weighted by Gasteiger charge is -2.42. The first-order valence-corrected chi connectivity index (χ1v) is 13.5. The number of hydrogen-bond donors (Lipinski definition) is 6. The maximum atomic E-state index is 13.2. The Morgan fingerprint density at radius 3 is 2.40 bits per heavy atom. The van der Waals surface area contributed by atoms with Gasteiger partial charge in [0, 0.05) is 24.7 Å². The van der Waals surface area contributed by atoms with Crippen molar-refractivity contribution in [2.45, 2.75) is 76.7 Å². The number of rotatable bonds is 10. The summed E-state index contributed by atoms with van der Waals surface area (Å²) in [6.45, 7) is 4.60. The van der Waals surface area contributed by atoms with E-state index in [1.165, 1.54) is 7.11 Å². The van der Waals surface area contributed by atoms with Crippen LogP contribution < -0.4 is 0 Å². The summed E-state index contributed by atoms with van der Waals surface area (Å²) in [6, 6.07) is 0. The van der Waals surface area contributed by atoms with Crippen LogP contribution in [0.5, 0.6) is 0 Å². The highest BCUT2D eigenvalue weighted by Crippen LogP contribution is 2.43. The minimum atomic E-state index is -1.69. The van der Waals surface area contributed by atoms with Gasteiger partial charge < -0.3 is 54.3 Å². The normalized spacial score (nSPS) is 39.8. The Kier molecular flexibility index (Phi) is 11.5. The molecule has 3 rings (SSSR count). The summed E-state index contributed by atoms with van der Waals surface area (Å²) >= 11 is 0. The van der Waals surface area contributed by atoms with Crippen LogP contribution in [0.2, 0.25) is 0 Å². The van der Waals surface area contributed by atoms with E-state index in [1.54, 1.807) is 13.0 Å². The summed E-state index contributed by atoms with van der Waals surface area (Å²) in [5, 5.41) is 59.5. The van der Waals surface area contributed by atoms with E-state index in [4.69, 9.17) is 23.7 Å². The SMILES string of the molecule is C/C=C1\[C@H](O[C@@H]2O[C@H](CO)[C@@H](O)[C@H](O)[C@H]2O)OC=C(C(=O)OC)[C@H]1CC(=O)O[C@H]1C[C@@H]([C@@H](C)CO)[C@H](CO)[C@H]1C. The Morgan fingerprint density at radius 1 is 1.12 bits per heavy atom. The molecule has 0 aromatic heterocycles. The van der Waals surface area contributed by atoms with Crippen LogP contribution in [0.15, 0.2) is 23.5 Å². The average molecular weight is 575 g/mol. The summed E-state index contributed by atoms with van der Waals surface area (Å²) in [4.78, 5) is 25.8. The number of methoxy groups -OCH3 is 1. The van der Waals surface area contributed by atoms with E-state index in [-0.39, 0.29) is 48.9 Å². The summed E-state index contributed by atoms with van der Waals surface area (Å²) in [6.07, 6.45) is -6.58. The molecule has 0 bridgehead atoms. The van der Waals surface area contributed by atoms with Crippen LogP contribution >= 0.6 is 0 Å². The number of carbonyl (C=O) groups excluding carboxylic acids is 2. The van der Waals surface area contributed by atoms with Gasteiger partial charge in [0.1, 0.15) is 30.5 Å². The van der Waals surface area contributed by atoms with Crippen molar-refractivity contribution in [3.05, 3.63) is 23.5 Å². The fourth-order valence-corrected chi connectivity index (χ4v) is 5.88. The smallest absolute Gasteiger partial charge is 0.337 e. The Balaban J connectivity index is 1.78. The molecule has 0 aromatic rings. The van der Waals surface area contributed by atoms with E-state index in [1.807, 2.05) is 13.8 Å². The molecule has 2 aliphatic heterocycles. The second kappa shape index (κ2) is 14.2. The molecule has 13 nitrogen and oxygen atoms in total. The predicted octanol–water partition coefficient (Wildman–Crippen LogP) is -1.03. The Bertz CT molecular complexity index is 933. The number of aliphatic hydroxyl groups is 6. The zero-order chi connectivity index (χ0) is 29.7. The molecule has 0 unspecified atom stereocenters. The molecular formula is C27H42O13. The van der Waals surface area contributed by atoms with Gasteiger partial charge in [0.15, 0.2) is 6.29 Å². The quantitative estimate of drug-likeness (QED) is 0.137. The summed E-state index contributed by atoms with van der Waals surface area (Å²) in [5.41, 5.74) is 0.344. The van der Waals surface area contributed by atoms with Crippen molar-refractivity contribution in [1.82, 2.24) is 0 Å². The van der Waals surface area contributed by atoms with E-state index >= 15 is 0 Å². The van der Waals surface area contributed by atoms with E-state index in [9.17, 15) is 40.2 Å². The summed E-state index contributed by atoms with van der Waals surface area (Å²) in [7, 11) is 1.18. The van der Waals surface area contributed by atoms with Crippen LogP contribution in [-0.2, 0) is 33.3 Å². The van der Waals surface area contributed by atoms with Crippen molar-refractivity contribution in [2.75, 3.05) is 26.9 Å². The van der Waals surface area contributed by atoms with Gasteiger partial charge in [-0.25, -0.2) is 4.79 Å². The van der Waals surface area contributed by atoms with Crippen molar-refractivity contribution < 1.29 is 63.9 Å². The Labute approximate surface area is 232 Å². The largest absolute Gasteiger partial charge is 0.468 e. The number of carbonyl (C=O) groups is 2. The number of esters is 2. The number of allylic oxidation sites excluding steroid dienone is 1. The first kappa shape index (κ1) is 32.4. The molecule has 13 heteroatoms. The van der Waals surface area contributed by atoms with Gasteiger partial charge in [-0.2, -0.15) is 0 Å². The average Bonchev–Trinajstić information content (AvgIpc) is 3.26. The fraction of sp³-hybridized carbons (Fsp3) is 0.778. The monoisotopic (exact) mass is 574 g/mol. The van der Waals surface area contributed by atoms with E-state index in [0.29, 0.717) is 12.0 Å². The lowest BCUT2D eigenvalue weighted by Crippen LogP contribution is -2.60. The zero-order valence-corrected chi connectivity index (χ0v) is 23.2. The topological polar surface area (TPSA) is 202 Å². The van der Waals surface area contributed by atoms with Crippen LogP contribution in [-0.4, -0.2) is 113 Å². The molecule has 3 aliphatic rings. The summed E-state index contributed by atoms with van der Waals surface area (Å²) < 4.78 is 27.5. The lowest BCUT2D eigenvalue weighted by molar-refractivity contribution is -0.327. The lowest BCUT2D eigenvalue weighted by atomic mass is 9.83. The molecule has 1 saturated carbocycles. The molecule has 228 valence electrons. The van der Waals surface area contributed by atoms with Gasteiger partial charge in [-0.15, -0.1) is 0 Å². The maximum absolute atomic E-state index is 13.2. The van der Waals surface area contributed by atoms with E-state index in [2.05, 4.69) is 0 Å². The predicted molar refractivity (Wildman–Crippen MR) is 136 cm³/mol. The molecule has 12 atom stereocenters. The maximum Gasteiger partial charge on any atom is 0.337 e. The van der Waals surface area contributed by atoms with Gasteiger partial charge >= 0.3 is 11.9 Å². The second-order valence-corrected chi connectivity index (χ2v) is 10.7. The third kappa shape index (κ3) is 6.68. The zero-order valence-electron chi connectivity index (χ0n) is 23.2. The molecule has 40 heavy (non-hydrogen) atoms. The number of hydrogen-bond acceptors (Lipinski definition) is 13. The van der Waals surface area contributed by atoms with Crippen LogP contribution in [0.3, 0.4) is 0 Å². The molecule has 0 spiro atoms. The van der Waals surface area contributed by atoms with E-state index in [0.717, 1.165) is 6.26 Å². The summed E-state index contributed by atoms with van der Waals surface area (Å²) in [5.74, 6) is -2.65. The minimum absolute atomic E-state index is 0.0284. The molecule has 2 fully saturated rings. The van der Waals surface area contributed by atoms with Crippen molar-refractivity contribution in [3.63, 3.8) is 0 Å². The standard InChI is InChI=1S/C27H42O13/c1-5-14-16(7-21(31)38-19-6-15(12(2)8-28)17(9-29)13(19)3)18(25(35)36-4)11-37-26(14)40-27-24(34)23(33)22(32)20(10-30)39-27/h5,11-13,15-17,19-20,22-24,26-30,32-34H,6-10H2,1-4H3/b14-5-/t12-,13+,15-,16-,17+,19-,20+,22+,23-,24+,26-,27-/m0/s1. The van der Waals surface area contributed by atoms with Gasteiger partial charge in [-0.05, 0) is 37.0 Å². The molecule has 2 heterocycles. The van der Waals surface area contributed by atoms with Crippen LogP contribution in [0.1, 0.15) is 33.6 Å².